The Morgan fingerprint density at radius 3 is 2.38 bits per heavy atom. The average Bonchev–Trinajstić information content (AvgIpc) is 2.85. The molecule has 6 nitrogen and oxygen atoms in total. The summed E-state index contributed by atoms with van der Waals surface area (Å²) in [5.74, 6) is 0.375. The van der Waals surface area contributed by atoms with E-state index in [1.54, 1.807) is 0 Å². The molecule has 1 heterocycles. The van der Waals surface area contributed by atoms with E-state index in [1.165, 1.54) is 43.3 Å². The van der Waals surface area contributed by atoms with Gasteiger partial charge in [-0.1, -0.05) is 63.5 Å². The van der Waals surface area contributed by atoms with Crippen LogP contribution < -0.4 is 4.74 Å². The Morgan fingerprint density at radius 1 is 0.971 bits per heavy atom. The molecule has 2 aromatic rings. The Morgan fingerprint density at radius 2 is 1.71 bits per heavy atom. The van der Waals surface area contributed by atoms with Crippen molar-refractivity contribution in [3.63, 3.8) is 0 Å². The van der Waals surface area contributed by atoms with Crippen molar-refractivity contribution in [2.45, 2.75) is 91.1 Å². The minimum atomic E-state index is -0.408. The number of benzene rings is 1. The largest absolute Gasteiger partial charge is 0.463 e. The number of aromatic nitrogens is 2. The van der Waals surface area contributed by atoms with Gasteiger partial charge in [0.05, 0.1) is 18.5 Å². The maximum absolute atomic E-state index is 11.9. The van der Waals surface area contributed by atoms with Crippen molar-refractivity contribution in [3.05, 3.63) is 54.4 Å². The lowest BCUT2D eigenvalue weighted by Gasteiger charge is -2.12. The van der Waals surface area contributed by atoms with Crippen LogP contribution in [-0.2, 0) is 20.7 Å². The summed E-state index contributed by atoms with van der Waals surface area (Å²) in [6, 6.07) is 8.17. The van der Waals surface area contributed by atoms with Crippen molar-refractivity contribution in [1.82, 2.24) is 9.97 Å². The fraction of sp³-hybridized carbons (Fsp3) is 0.500. The van der Waals surface area contributed by atoms with Crippen LogP contribution in [0.5, 0.6) is 5.75 Å². The summed E-state index contributed by atoms with van der Waals surface area (Å²) in [7, 11) is 0. The molecule has 0 aliphatic rings. The summed E-state index contributed by atoms with van der Waals surface area (Å²) < 4.78 is 10.6. The van der Waals surface area contributed by atoms with Crippen LogP contribution in [0, 0.1) is 0 Å². The van der Waals surface area contributed by atoms with Crippen molar-refractivity contribution >= 4 is 11.9 Å². The molecular weight excluding hydrogens is 428 g/mol. The molecule has 1 aromatic heterocycles. The number of allylic oxidation sites excluding steroid dienone is 1. The highest BCUT2D eigenvalue weighted by molar-refractivity contribution is 5.83. The molecule has 0 aliphatic carbocycles. The minimum Gasteiger partial charge on any atom is -0.463 e. The molecule has 0 radical (unpaired) electrons. The molecule has 6 heteroatoms. The topological polar surface area (TPSA) is 78.4 Å². The summed E-state index contributed by atoms with van der Waals surface area (Å²) in [5.41, 5.74) is 2.16. The summed E-state index contributed by atoms with van der Waals surface area (Å²) in [5, 5.41) is 0. The lowest BCUT2D eigenvalue weighted by atomic mass is 10.0. The van der Waals surface area contributed by atoms with Crippen molar-refractivity contribution < 1.29 is 19.1 Å². The number of carbonyl (C=O) groups is 2. The highest BCUT2D eigenvalue weighted by atomic mass is 16.5. The second-order valence-corrected chi connectivity index (χ2v) is 8.51. The van der Waals surface area contributed by atoms with Crippen LogP contribution in [0.15, 0.2) is 48.8 Å². The second kappa shape index (κ2) is 15.8. The van der Waals surface area contributed by atoms with E-state index in [0.29, 0.717) is 18.0 Å². The van der Waals surface area contributed by atoms with Crippen LogP contribution in [0.1, 0.15) is 84.1 Å². The summed E-state index contributed by atoms with van der Waals surface area (Å²) in [6.45, 7) is 5.93. The first-order chi connectivity index (χ1) is 16.5. The number of esters is 2. The fourth-order valence-electron chi connectivity index (χ4n) is 3.48. The highest BCUT2D eigenvalue weighted by Gasteiger charge is 2.08. The van der Waals surface area contributed by atoms with Gasteiger partial charge in [-0.15, -0.1) is 0 Å². The van der Waals surface area contributed by atoms with Crippen molar-refractivity contribution in [2.75, 3.05) is 0 Å². The fourth-order valence-corrected chi connectivity index (χ4v) is 3.48. The molecule has 2 rings (SSSR count). The number of hydrogen-bond donors (Lipinski definition) is 0. The maximum atomic E-state index is 11.9. The van der Waals surface area contributed by atoms with Gasteiger partial charge in [0, 0.05) is 18.1 Å². The Kier molecular flexibility index (Phi) is 12.6. The van der Waals surface area contributed by atoms with Gasteiger partial charge in [0.2, 0.25) is 0 Å². The molecule has 34 heavy (non-hydrogen) atoms. The van der Waals surface area contributed by atoms with E-state index >= 15 is 0 Å². The van der Waals surface area contributed by atoms with Crippen LogP contribution in [0.2, 0.25) is 0 Å². The van der Waals surface area contributed by atoms with E-state index in [2.05, 4.69) is 29.0 Å². The Hall–Kier alpha value is -3.02. The molecule has 0 N–H and O–H groups in total. The Bertz CT molecular complexity index is 892. The third-order valence-electron chi connectivity index (χ3n) is 5.48. The summed E-state index contributed by atoms with van der Waals surface area (Å²) in [4.78, 5) is 31.9. The molecule has 1 unspecified atom stereocenters. The number of unbranched alkanes of at least 4 members (excludes halogenated alkanes) is 5. The van der Waals surface area contributed by atoms with Gasteiger partial charge in [0.1, 0.15) is 0 Å². The van der Waals surface area contributed by atoms with Gasteiger partial charge in [-0.05, 0) is 51.0 Å². The van der Waals surface area contributed by atoms with E-state index in [0.717, 1.165) is 44.1 Å². The van der Waals surface area contributed by atoms with Gasteiger partial charge in [-0.2, -0.15) is 0 Å². The third kappa shape index (κ3) is 10.7. The lowest BCUT2D eigenvalue weighted by Crippen LogP contribution is -2.13. The molecule has 0 saturated carbocycles. The van der Waals surface area contributed by atoms with E-state index in [-0.39, 0.29) is 12.1 Å². The summed E-state index contributed by atoms with van der Waals surface area (Å²) in [6.07, 6.45) is 16.2. The zero-order valence-electron chi connectivity index (χ0n) is 20.8. The van der Waals surface area contributed by atoms with E-state index in [4.69, 9.17) is 9.47 Å². The molecule has 1 aromatic carbocycles. The van der Waals surface area contributed by atoms with Gasteiger partial charge < -0.3 is 9.47 Å². The van der Waals surface area contributed by atoms with Crippen LogP contribution >= 0.6 is 0 Å². The van der Waals surface area contributed by atoms with E-state index < -0.39 is 5.97 Å². The Labute approximate surface area is 203 Å². The zero-order chi connectivity index (χ0) is 24.6. The van der Waals surface area contributed by atoms with Gasteiger partial charge in [-0.25, -0.2) is 14.8 Å². The number of carbonyl (C=O) groups excluding carboxylic acids is 2. The normalized spacial score (nSPS) is 12.0. The van der Waals surface area contributed by atoms with Crippen LogP contribution in [0.25, 0.3) is 11.4 Å². The number of aryl methyl sites for hydroxylation is 1. The molecule has 0 amide bonds. The monoisotopic (exact) mass is 466 g/mol. The maximum Gasteiger partial charge on any atom is 0.335 e. The van der Waals surface area contributed by atoms with Gasteiger partial charge in [-0.3, -0.25) is 4.79 Å². The molecule has 0 spiro atoms. The molecule has 0 saturated heterocycles. The lowest BCUT2D eigenvalue weighted by molar-refractivity contribution is -0.148. The molecule has 0 aliphatic heterocycles. The van der Waals surface area contributed by atoms with Crippen molar-refractivity contribution in [1.29, 1.82) is 0 Å². The Balaban J connectivity index is 1.74. The summed E-state index contributed by atoms with van der Waals surface area (Å²) >= 11 is 0. The van der Waals surface area contributed by atoms with E-state index in [9.17, 15) is 9.59 Å². The van der Waals surface area contributed by atoms with Crippen molar-refractivity contribution in [3.8, 4) is 17.1 Å². The standard InChI is InChI=1S/C28H38N2O4/c1-4-6-7-8-9-10-15-27(32)34-25-20-29-28(30-21-25)24-18-16-23(17-19-24)14-12-11-13-22(3)33-26(31)5-2/h10,15-22H,4-9,11-14H2,1-3H3. The first kappa shape index (κ1) is 27.2. The predicted octanol–water partition coefficient (Wildman–Crippen LogP) is 6.63. The molecule has 0 fully saturated rings. The number of hydrogen-bond acceptors (Lipinski definition) is 6. The van der Waals surface area contributed by atoms with Crippen LogP contribution in [0.3, 0.4) is 0 Å². The smallest absolute Gasteiger partial charge is 0.335 e. The van der Waals surface area contributed by atoms with Gasteiger partial charge >= 0.3 is 11.9 Å². The third-order valence-corrected chi connectivity index (χ3v) is 5.48. The number of nitrogens with zero attached hydrogens (tertiary/aromatic N) is 2. The van der Waals surface area contributed by atoms with Crippen LogP contribution in [0.4, 0.5) is 0 Å². The zero-order valence-corrected chi connectivity index (χ0v) is 20.8. The number of rotatable bonds is 15. The van der Waals surface area contributed by atoms with E-state index in [1.807, 2.05) is 32.1 Å². The molecular formula is C28H38N2O4. The molecule has 184 valence electrons. The van der Waals surface area contributed by atoms with Crippen LogP contribution in [-0.4, -0.2) is 28.0 Å². The predicted molar refractivity (Wildman–Crippen MR) is 134 cm³/mol. The second-order valence-electron chi connectivity index (χ2n) is 8.51. The first-order valence-electron chi connectivity index (χ1n) is 12.5. The minimum absolute atomic E-state index is 0.0270. The SMILES string of the molecule is CCCCCCC=CC(=O)Oc1cnc(-c2ccc(CCCCC(C)OC(=O)CC)cc2)nc1. The van der Waals surface area contributed by atoms with Gasteiger partial charge in [0.25, 0.3) is 0 Å². The van der Waals surface area contributed by atoms with Crippen molar-refractivity contribution in [2.24, 2.45) is 0 Å². The van der Waals surface area contributed by atoms with Gasteiger partial charge in [0.15, 0.2) is 11.6 Å². The molecule has 0 bridgehead atoms. The highest BCUT2D eigenvalue weighted by Crippen LogP contribution is 2.19. The average molecular weight is 467 g/mol. The number of ether oxygens (including phenoxy) is 2. The quantitative estimate of drug-likeness (QED) is 0.166. The first-order valence-corrected chi connectivity index (χ1v) is 12.5. The molecule has 1 atom stereocenters.